The van der Waals surface area contributed by atoms with E-state index in [4.69, 9.17) is 4.42 Å². The van der Waals surface area contributed by atoms with Crippen LogP contribution in [0.4, 0.5) is 5.82 Å². The Bertz CT molecular complexity index is 1200. The highest BCUT2D eigenvalue weighted by atomic mass is 79.9. The smallest absolute Gasteiger partial charge is 0.246 e. The van der Waals surface area contributed by atoms with Crippen molar-refractivity contribution in [2.75, 3.05) is 18.4 Å². The largest absolute Gasteiger partial charge is 0.444 e. The Morgan fingerprint density at radius 1 is 1.22 bits per heavy atom. The van der Waals surface area contributed by atoms with Crippen molar-refractivity contribution in [3.05, 3.63) is 70.5 Å². The number of aromatic nitrogens is 2. The number of anilines is 1. The molecule has 0 amide bonds. The number of benzene rings is 1. The fourth-order valence-corrected chi connectivity index (χ4v) is 6.40. The van der Waals surface area contributed by atoms with Gasteiger partial charge in [-0.15, -0.1) is 0 Å². The minimum atomic E-state index is -3.79. The van der Waals surface area contributed by atoms with Gasteiger partial charge in [-0.25, -0.2) is 18.4 Å². The lowest BCUT2D eigenvalue weighted by atomic mass is 9.77. The van der Waals surface area contributed by atoms with Crippen LogP contribution in [0.1, 0.15) is 49.9 Å². The molecule has 7 nitrogen and oxygen atoms in total. The van der Waals surface area contributed by atoms with E-state index in [1.807, 2.05) is 32.0 Å². The van der Waals surface area contributed by atoms with E-state index in [0.717, 1.165) is 18.4 Å². The lowest BCUT2D eigenvalue weighted by Gasteiger charge is -2.40. The van der Waals surface area contributed by atoms with Gasteiger partial charge < -0.3 is 9.73 Å². The first kappa shape index (κ1) is 22.9. The van der Waals surface area contributed by atoms with Crippen LogP contribution in [0.3, 0.4) is 0 Å². The second-order valence-corrected chi connectivity index (χ2v) is 11.4. The molecule has 1 N–H and O–H groups in total. The molecule has 3 aromatic rings. The maximum absolute atomic E-state index is 13.8. The third-order valence-electron chi connectivity index (χ3n) is 5.93. The molecule has 1 aliphatic heterocycles. The van der Waals surface area contributed by atoms with E-state index in [0.29, 0.717) is 29.2 Å². The number of aryl methyl sites for hydroxylation is 1. The molecule has 170 valence electrons. The van der Waals surface area contributed by atoms with Gasteiger partial charge in [-0.05, 0) is 54.2 Å². The van der Waals surface area contributed by atoms with Gasteiger partial charge in [-0.1, -0.05) is 37.3 Å². The van der Waals surface area contributed by atoms with Gasteiger partial charge in [0, 0.05) is 29.2 Å². The van der Waals surface area contributed by atoms with Gasteiger partial charge in [0.05, 0.1) is 6.20 Å². The summed E-state index contributed by atoms with van der Waals surface area (Å²) >= 11 is 3.38. The molecule has 1 saturated heterocycles. The minimum absolute atomic E-state index is 0.138. The van der Waals surface area contributed by atoms with E-state index in [9.17, 15) is 8.42 Å². The zero-order chi connectivity index (χ0) is 22.9. The predicted octanol–water partition coefficient (Wildman–Crippen LogP) is 5.06. The van der Waals surface area contributed by atoms with Crippen LogP contribution >= 0.6 is 15.9 Å². The molecule has 1 fully saturated rings. The number of sulfonamides is 1. The highest BCUT2D eigenvalue weighted by Crippen LogP contribution is 2.37. The Labute approximate surface area is 197 Å². The lowest BCUT2D eigenvalue weighted by molar-refractivity contribution is 0.240. The van der Waals surface area contributed by atoms with Gasteiger partial charge in [0.15, 0.2) is 0 Å². The second-order valence-electron chi connectivity index (χ2n) is 8.54. The van der Waals surface area contributed by atoms with Crippen LogP contribution in [0.15, 0.2) is 62.6 Å². The van der Waals surface area contributed by atoms with Gasteiger partial charge in [-0.2, -0.15) is 4.31 Å². The molecule has 0 aliphatic carbocycles. The molecule has 0 saturated carbocycles. The van der Waals surface area contributed by atoms with Crippen LogP contribution in [0, 0.1) is 6.92 Å². The Balaban J connectivity index is 1.65. The molecule has 32 heavy (non-hydrogen) atoms. The summed E-state index contributed by atoms with van der Waals surface area (Å²) in [5.74, 6) is 1.45. The van der Waals surface area contributed by atoms with Gasteiger partial charge in [0.1, 0.15) is 22.5 Å². The standard InChI is InChI=1S/C23H27BrN4O3S/c1-16-13-26-22(31-16)17(2)27-21-20(12-19(24)14-25-21)32(29,30)28-11-7-10-23(3,15-28)18-8-5-4-6-9-18/h4-6,8-9,12-14,17H,7,10-11,15H2,1-3H3,(H,25,27). The van der Waals surface area contributed by atoms with E-state index in [1.165, 1.54) is 0 Å². The number of nitrogens with zero attached hydrogens (tertiary/aromatic N) is 3. The monoisotopic (exact) mass is 518 g/mol. The van der Waals surface area contributed by atoms with Gasteiger partial charge in [0.25, 0.3) is 0 Å². The number of nitrogens with one attached hydrogen (secondary N) is 1. The minimum Gasteiger partial charge on any atom is -0.444 e. The van der Waals surface area contributed by atoms with E-state index >= 15 is 0 Å². The summed E-state index contributed by atoms with van der Waals surface area (Å²) < 4.78 is 35.3. The van der Waals surface area contributed by atoms with E-state index in [-0.39, 0.29) is 22.2 Å². The summed E-state index contributed by atoms with van der Waals surface area (Å²) in [5, 5.41) is 3.17. The number of pyridine rings is 1. The predicted molar refractivity (Wildman–Crippen MR) is 127 cm³/mol. The van der Waals surface area contributed by atoms with Crippen molar-refractivity contribution in [3.63, 3.8) is 0 Å². The number of oxazole rings is 1. The Morgan fingerprint density at radius 3 is 2.66 bits per heavy atom. The van der Waals surface area contributed by atoms with E-state index in [1.54, 1.807) is 22.8 Å². The molecule has 2 unspecified atom stereocenters. The van der Waals surface area contributed by atoms with Crippen LogP contribution in [-0.2, 0) is 15.4 Å². The highest BCUT2D eigenvalue weighted by molar-refractivity contribution is 9.10. The third-order valence-corrected chi connectivity index (χ3v) is 8.22. The van der Waals surface area contributed by atoms with Crippen molar-refractivity contribution in [1.29, 1.82) is 0 Å². The average Bonchev–Trinajstić information content (AvgIpc) is 3.22. The molecule has 2 aromatic heterocycles. The van der Waals surface area contributed by atoms with Gasteiger partial charge in [-0.3, -0.25) is 0 Å². The second kappa shape index (κ2) is 8.96. The molecule has 0 spiro atoms. The molecule has 2 atom stereocenters. The summed E-state index contributed by atoms with van der Waals surface area (Å²) in [6.45, 7) is 6.70. The van der Waals surface area contributed by atoms with E-state index in [2.05, 4.69) is 50.3 Å². The summed E-state index contributed by atoms with van der Waals surface area (Å²) in [5.41, 5.74) is 0.904. The Kier molecular flexibility index (Phi) is 6.42. The molecule has 1 aliphatic rings. The SMILES string of the molecule is Cc1cnc(C(C)Nc2ncc(Br)cc2S(=O)(=O)N2CCCC(C)(c3ccccc3)C2)o1. The molecule has 0 radical (unpaired) electrons. The van der Waals surface area contributed by atoms with Gasteiger partial charge >= 0.3 is 0 Å². The van der Waals surface area contributed by atoms with Crippen molar-refractivity contribution in [1.82, 2.24) is 14.3 Å². The fourth-order valence-electron chi connectivity index (χ4n) is 4.18. The highest BCUT2D eigenvalue weighted by Gasteiger charge is 2.39. The molecular weight excluding hydrogens is 492 g/mol. The van der Waals surface area contributed by atoms with E-state index < -0.39 is 10.0 Å². The zero-order valence-corrected chi connectivity index (χ0v) is 20.8. The van der Waals surface area contributed by atoms with Crippen LogP contribution in [-0.4, -0.2) is 35.8 Å². The molecule has 9 heteroatoms. The molecule has 0 bridgehead atoms. The average molecular weight is 519 g/mol. The maximum Gasteiger partial charge on any atom is 0.246 e. The molecule has 4 rings (SSSR count). The van der Waals surface area contributed by atoms with Crippen LogP contribution in [0.25, 0.3) is 0 Å². The number of hydrogen-bond donors (Lipinski definition) is 1. The number of rotatable bonds is 6. The maximum atomic E-state index is 13.8. The summed E-state index contributed by atoms with van der Waals surface area (Å²) in [6.07, 6.45) is 4.95. The van der Waals surface area contributed by atoms with Gasteiger partial charge in [0.2, 0.25) is 15.9 Å². The van der Waals surface area contributed by atoms with Crippen molar-refractivity contribution in [3.8, 4) is 0 Å². The first-order valence-electron chi connectivity index (χ1n) is 10.6. The normalized spacial score (nSPS) is 20.8. The zero-order valence-electron chi connectivity index (χ0n) is 18.4. The summed E-state index contributed by atoms with van der Waals surface area (Å²) in [4.78, 5) is 8.75. The van der Waals surface area contributed by atoms with Crippen LogP contribution < -0.4 is 5.32 Å². The van der Waals surface area contributed by atoms with Crippen molar-refractivity contribution in [2.45, 2.75) is 50.0 Å². The van der Waals surface area contributed by atoms with Crippen molar-refractivity contribution in [2.24, 2.45) is 0 Å². The number of halogens is 1. The topological polar surface area (TPSA) is 88.3 Å². The first-order chi connectivity index (χ1) is 15.2. The first-order valence-corrected chi connectivity index (χ1v) is 12.8. The summed E-state index contributed by atoms with van der Waals surface area (Å²) in [6, 6.07) is 11.4. The number of piperidine rings is 1. The third kappa shape index (κ3) is 4.60. The van der Waals surface area contributed by atoms with Crippen LogP contribution in [0.5, 0.6) is 0 Å². The fraction of sp³-hybridized carbons (Fsp3) is 0.391. The summed E-state index contributed by atoms with van der Waals surface area (Å²) in [7, 11) is -3.79. The molecule has 1 aromatic carbocycles. The number of hydrogen-bond acceptors (Lipinski definition) is 6. The molecular formula is C23H27BrN4O3S. The lowest BCUT2D eigenvalue weighted by Crippen LogP contribution is -2.47. The molecule has 3 heterocycles. The van der Waals surface area contributed by atoms with Crippen LogP contribution in [0.2, 0.25) is 0 Å². The van der Waals surface area contributed by atoms with Crippen molar-refractivity contribution >= 4 is 31.8 Å². The van der Waals surface area contributed by atoms with Crippen molar-refractivity contribution < 1.29 is 12.8 Å². The Morgan fingerprint density at radius 2 is 1.97 bits per heavy atom. The quantitative estimate of drug-likeness (QED) is 0.490. The Hall–Kier alpha value is -2.23.